The van der Waals surface area contributed by atoms with Crippen LogP contribution in [0.25, 0.3) is 0 Å². The summed E-state index contributed by atoms with van der Waals surface area (Å²) in [5.74, 6) is 1.36. The van der Waals surface area contributed by atoms with Gasteiger partial charge in [0.05, 0.1) is 11.9 Å². The standard InChI is InChI=1S/C11H12O2/c1-7-3-4-11-9(5-7)10(12)6-8(2)13-11/h3-5,10,12H,2,6H2,1H3. The molecule has 0 saturated heterocycles. The first-order valence-corrected chi connectivity index (χ1v) is 4.31. The van der Waals surface area contributed by atoms with E-state index in [9.17, 15) is 5.11 Å². The summed E-state index contributed by atoms with van der Waals surface area (Å²) in [6.07, 6.45) is 0.0346. The zero-order valence-corrected chi connectivity index (χ0v) is 7.58. The van der Waals surface area contributed by atoms with Crippen LogP contribution in [0.4, 0.5) is 0 Å². The molecule has 0 radical (unpaired) electrons. The lowest BCUT2D eigenvalue weighted by Crippen LogP contribution is -2.11. The summed E-state index contributed by atoms with van der Waals surface area (Å²) < 4.78 is 5.40. The van der Waals surface area contributed by atoms with Crippen molar-refractivity contribution in [2.24, 2.45) is 0 Å². The molecule has 0 spiro atoms. The molecule has 0 saturated carbocycles. The molecule has 2 nitrogen and oxygen atoms in total. The van der Waals surface area contributed by atoms with E-state index in [-0.39, 0.29) is 0 Å². The van der Waals surface area contributed by atoms with Crippen molar-refractivity contribution in [3.8, 4) is 5.75 Å². The summed E-state index contributed by atoms with van der Waals surface area (Å²) in [5, 5.41) is 9.72. The highest BCUT2D eigenvalue weighted by atomic mass is 16.5. The van der Waals surface area contributed by atoms with E-state index in [1.165, 1.54) is 0 Å². The minimum Gasteiger partial charge on any atom is -0.462 e. The van der Waals surface area contributed by atoms with Gasteiger partial charge in [0, 0.05) is 12.0 Å². The van der Waals surface area contributed by atoms with Crippen LogP contribution in [0.2, 0.25) is 0 Å². The van der Waals surface area contributed by atoms with Crippen molar-refractivity contribution < 1.29 is 9.84 Å². The van der Waals surface area contributed by atoms with Gasteiger partial charge in [-0.15, -0.1) is 0 Å². The van der Waals surface area contributed by atoms with Crippen molar-refractivity contribution in [3.63, 3.8) is 0 Å². The fraction of sp³-hybridized carbons (Fsp3) is 0.273. The predicted molar refractivity (Wildman–Crippen MR) is 50.5 cm³/mol. The van der Waals surface area contributed by atoms with Gasteiger partial charge in [-0.05, 0) is 19.1 Å². The van der Waals surface area contributed by atoms with Crippen LogP contribution in [-0.2, 0) is 0 Å². The summed E-state index contributed by atoms with van der Waals surface area (Å²) >= 11 is 0. The first-order valence-electron chi connectivity index (χ1n) is 4.31. The highest BCUT2D eigenvalue weighted by Crippen LogP contribution is 2.35. The molecule has 1 heterocycles. The number of aliphatic hydroxyl groups is 1. The second-order valence-corrected chi connectivity index (χ2v) is 3.40. The summed E-state index contributed by atoms with van der Waals surface area (Å²) in [6.45, 7) is 5.70. The molecule has 1 aromatic carbocycles. The van der Waals surface area contributed by atoms with E-state index in [1.807, 2.05) is 25.1 Å². The van der Waals surface area contributed by atoms with E-state index in [0.29, 0.717) is 12.2 Å². The molecule has 68 valence electrons. The first-order chi connectivity index (χ1) is 6.16. The Hall–Kier alpha value is -1.28. The summed E-state index contributed by atoms with van der Waals surface area (Å²) in [4.78, 5) is 0. The Labute approximate surface area is 77.5 Å². The third-order valence-electron chi connectivity index (χ3n) is 2.20. The normalized spacial score (nSPS) is 20.8. The molecule has 0 bridgehead atoms. The zero-order valence-electron chi connectivity index (χ0n) is 7.58. The summed E-state index contributed by atoms with van der Waals surface area (Å²) in [7, 11) is 0. The van der Waals surface area contributed by atoms with Crippen LogP contribution < -0.4 is 4.74 Å². The highest BCUT2D eigenvalue weighted by molar-refractivity contribution is 5.41. The van der Waals surface area contributed by atoms with Gasteiger partial charge in [-0.2, -0.15) is 0 Å². The molecule has 0 amide bonds. The fourth-order valence-electron chi connectivity index (χ4n) is 1.54. The zero-order chi connectivity index (χ0) is 9.42. The lowest BCUT2D eigenvalue weighted by Gasteiger charge is -2.23. The molecule has 1 atom stereocenters. The van der Waals surface area contributed by atoms with Gasteiger partial charge in [-0.1, -0.05) is 18.2 Å². The summed E-state index contributed by atoms with van der Waals surface area (Å²) in [6, 6.07) is 5.79. The molecular formula is C11H12O2. The number of hydrogen-bond donors (Lipinski definition) is 1. The van der Waals surface area contributed by atoms with Gasteiger partial charge < -0.3 is 9.84 Å². The SMILES string of the molecule is C=C1CC(O)c2cc(C)ccc2O1. The molecular weight excluding hydrogens is 164 g/mol. The maximum Gasteiger partial charge on any atom is 0.132 e. The van der Waals surface area contributed by atoms with Gasteiger partial charge in [0.15, 0.2) is 0 Å². The van der Waals surface area contributed by atoms with E-state index in [0.717, 1.165) is 16.9 Å². The monoisotopic (exact) mass is 176 g/mol. The van der Waals surface area contributed by atoms with Crippen molar-refractivity contribution in [2.75, 3.05) is 0 Å². The lowest BCUT2D eigenvalue weighted by atomic mass is 10.00. The van der Waals surface area contributed by atoms with Crippen LogP contribution in [0.5, 0.6) is 5.75 Å². The third-order valence-corrected chi connectivity index (χ3v) is 2.20. The Morgan fingerprint density at radius 3 is 3.08 bits per heavy atom. The maximum absolute atomic E-state index is 9.72. The maximum atomic E-state index is 9.72. The lowest BCUT2D eigenvalue weighted by molar-refractivity contribution is 0.144. The Balaban J connectivity index is 2.49. The number of benzene rings is 1. The van der Waals surface area contributed by atoms with Crippen LogP contribution in [-0.4, -0.2) is 5.11 Å². The van der Waals surface area contributed by atoms with Gasteiger partial charge in [-0.25, -0.2) is 0 Å². The highest BCUT2D eigenvalue weighted by Gasteiger charge is 2.21. The average Bonchev–Trinajstić information content (AvgIpc) is 2.06. The van der Waals surface area contributed by atoms with Crippen LogP contribution in [0.3, 0.4) is 0 Å². The second kappa shape index (κ2) is 2.89. The molecule has 0 fully saturated rings. The second-order valence-electron chi connectivity index (χ2n) is 3.40. The van der Waals surface area contributed by atoms with E-state index in [1.54, 1.807) is 0 Å². The number of aliphatic hydroxyl groups excluding tert-OH is 1. The first kappa shape index (κ1) is 8.32. The Bertz CT molecular complexity index is 355. The quantitative estimate of drug-likeness (QED) is 0.657. The molecule has 13 heavy (non-hydrogen) atoms. The van der Waals surface area contributed by atoms with Crippen molar-refractivity contribution in [1.82, 2.24) is 0 Å². The number of ether oxygens (including phenoxy) is 1. The Morgan fingerprint density at radius 1 is 1.54 bits per heavy atom. The van der Waals surface area contributed by atoms with Crippen LogP contribution in [0.1, 0.15) is 23.7 Å². The molecule has 1 aliphatic rings. The van der Waals surface area contributed by atoms with E-state index in [4.69, 9.17) is 4.74 Å². The fourth-order valence-corrected chi connectivity index (χ4v) is 1.54. The Kier molecular flexibility index (Phi) is 1.85. The molecule has 1 N–H and O–H groups in total. The number of rotatable bonds is 0. The molecule has 1 unspecified atom stereocenters. The van der Waals surface area contributed by atoms with Gasteiger partial charge in [0.2, 0.25) is 0 Å². The van der Waals surface area contributed by atoms with Gasteiger partial charge in [0.1, 0.15) is 5.75 Å². The van der Waals surface area contributed by atoms with Crippen molar-refractivity contribution in [3.05, 3.63) is 41.7 Å². The third kappa shape index (κ3) is 1.45. The molecule has 1 aromatic rings. The molecule has 1 aliphatic heterocycles. The Morgan fingerprint density at radius 2 is 2.31 bits per heavy atom. The van der Waals surface area contributed by atoms with Gasteiger partial charge in [0.25, 0.3) is 0 Å². The minimum atomic E-state index is -0.462. The summed E-state index contributed by atoms with van der Waals surface area (Å²) in [5.41, 5.74) is 2.00. The topological polar surface area (TPSA) is 29.5 Å². The minimum absolute atomic E-state index is 0.462. The number of fused-ring (bicyclic) bond motifs is 1. The van der Waals surface area contributed by atoms with Crippen molar-refractivity contribution in [1.29, 1.82) is 0 Å². The van der Waals surface area contributed by atoms with Crippen molar-refractivity contribution >= 4 is 0 Å². The largest absolute Gasteiger partial charge is 0.462 e. The van der Waals surface area contributed by atoms with Gasteiger partial charge >= 0.3 is 0 Å². The van der Waals surface area contributed by atoms with E-state index in [2.05, 4.69) is 6.58 Å². The molecule has 2 rings (SSSR count). The van der Waals surface area contributed by atoms with Crippen LogP contribution >= 0.6 is 0 Å². The molecule has 0 aromatic heterocycles. The number of aryl methyl sites for hydroxylation is 1. The van der Waals surface area contributed by atoms with Crippen LogP contribution in [0, 0.1) is 6.92 Å². The smallest absolute Gasteiger partial charge is 0.132 e. The van der Waals surface area contributed by atoms with Gasteiger partial charge in [-0.3, -0.25) is 0 Å². The van der Waals surface area contributed by atoms with Crippen molar-refractivity contribution in [2.45, 2.75) is 19.4 Å². The molecule has 0 aliphatic carbocycles. The predicted octanol–water partition coefficient (Wildman–Crippen LogP) is 2.32. The van der Waals surface area contributed by atoms with E-state index < -0.39 is 6.10 Å². The van der Waals surface area contributed by atoms with E-state index >= 15 is 0 Å². The average molecular weight is 176 g/mol. The van der Waals surface area contributed by atoms with Crippen LogP contribution in [0.15, 0.2) is 30.5 Å². The number of hydrogen-bond acceptors (Lipinski definition) is 2. The molecule has 2 heteroatoms.